The Morgan fingerprint density at radius 2 is 1.05 bits per heavy atom. The van der Waals surface area contributed by atoms with Gasteiger partial charge >= 0.3 is 35.8 Å². The summed E-state index contributed by atoms with van der Waals surface area (Å²) in [6.07, 6.45) is -1.25. The van der Waals surface area contributed by atoms with Crippen LogP contribution in [0.3, 0.4) is 0 Å². The Balaban J connectivity index is 1.74. The van der Waals surface area contributed by atoms with Crippen molar-refractivity contribution in [2.24, 2.45) is 11.5 Å². The summed E-state index contributed by atoms with van der Waals surface area (Å²) in [6.45, 7) is -1.96. The van der Waals surface area contributed by atoms with Gasteiger partial charge in [-0.15, -0.1) is 11.8 Å². The highest BCUT2D eigenvalue weighted by atomic mass is 32.2. The molecule has 31 nitrogen and oxygen atoms in total. The number of hydrogen-bond acceptors (Lipinski definition) is 23. The van der Waals surface area contributed by atoms with Crippen LogP contribution >= 0.6 is 23.5 Å². The third-order valence-electron chi connectivity index (χ3n) is 9.62. The Labute approximate surface area is 439 Å². The first-order valence-corrected chi connectivity index (χ1v) is 24.5. The lowest BCUT2D eigenvalue weighted by atomic mass is 10.1. The number of nitro groups is 2. The number of nitrogens with zero attached hydrogens (tertiary/aromatic N) is 2. The summed E-state index contributed by atoms with van der Waals surface area (Å²) in [6, 6.07) is 1.72. The molecule has 4 atom stereocenters. The molecule has 2 aromatic carbocycles. The Morgan fingerprint density at radius 1 is 0.592 bits per heavy atom. The summed E-state index contributed by atoms with van der Waals surface area (Å²) in [5, 5.41) is 68.3. The molecule has 4 amide bonds. The van der Waals surface area contributed by atoms with Gasteiger partial charge in [-0.25, -0.2) is 9.59 Å². The summed E-state index contributed by atoms with van der Waals surface area (Å²) < 4.78 is 26.3. The highest BCUT2D eigenvalue weighted by Gasteiger charge is 2.27. The Kier molecular flexibility index (Phi) is 29.6. The van der Waals surface area contributed by atoms with Gasteiger partial charge in [-0.05, 0) is 36.6 Å². The lowest BCUT2D eigenvalue weighted by molar-refractivity contribution is -0.387. The zero-order chi connectivity index (χ0) is 56.7. The first kappa shape index (κ1) is 64.6. The molecule has 4 unspecified atom stereocenters. The summed E-state index contributed by atoms with van der Waals surface area (Å²) >= 11 is 1.78. The lowest BCUT2D eigenvalue weighted by Gasteiger charge is -2.18. The second-order valence-electron chi connectivity index (χ2n) is 15.4. The second kappa shape index (κ2) is 34.8. The van der Waals surface area contributed by atoms with Crippen LogP contribution in [0.4, 0.5) is 11.4 Å². The molecular weight excluding hydrogens is 1060 g/mol. The third-order valence-corrected chi connectivity index (χ3v) is 11.9. The Morgan fingerprint density at radius 3 is 1.51 bits per heavy atom. The molecular formula is C43H56N8O23S2. The van der Waals surface area contributed by atoms with Gasteiger partial charge in [0, 0.05) is 42.2 Å². The van der Waals surface area contributed by atoms with Crippen molar-refractivity contribution in [3.8, 4) is 0 Å². The van der Waals surface area contributed by atoms with Crippen LogP contribution in [0.2, 0.25) is 0 Å². The molecule has 0 aliphatic heterocycles. The normalized spacial score (nSPS) is 12.4. The summed E-state index contributed by atoms with van der Waals surface area (Å²) in [5.74, 6) is -11.1. The minimum absolute atomic E-state index is 0.0244. The highest BCUT2D eigenvalue weighted by Crippen LogP contribution is 2.31. The third kappa shape index (κ3) is 25.6. The maximum atomic E-state index is 12.7. The van der Waals surface area contributed by atoms with E-state index in [1.165, 1.54) is 24.3 Å². The molecule has 2 rings (SSSR count). The molecule has 0 saturated carbocycles. The van der Waals surface area contributed by atoms with Gasteiger partial charge in [0.2, 0.25) is 23.6 Å². The molecule has 0 heterocycles. The predicted octanol–water partition coefficient (Wildman–Crippen LogP) is -1.35. The molecule has 2 aromatic rings. The van der Waals surface area contributed by atoms with Gasteiger partial charge in [0.25, 0.3) is 11.4 Å². The fourth-order valence-electron chi connectivity index (χ4n) is 5.75. The number of esters is 2. The Bertz CT molecular complexity index is 2400. The van der Waals surface area contributed by atoms with Gasteiger partial charge in [0.05, 0.1) is 59.9 Å². The number of amides is 4. The van der Waals surface area contributed by atoms with Crippen LogP contribution in [0.15, 0.2) is 41.3 Å². The van der Waals surface area contributed by atoms with E-state index in [-0.39, 0.29) is 105 Å². The van der Waals surface area contributed by atoms with Crippen molar-refractivity contribution >= 4 is 94.3 Å². The van der Waals surface area contributed by atoms with Crippen LogP contribution in [-0.4, -0.2) is 191 Å². The van der Waals surface area contributed by atoms with E-state index in [0.717, 1.165) is 35.7 Å². The average Bonchev–Trinajstić information content (AvgIpc) is 3.37. The molecule has 0 aromatic heterocycles. The topological polar surface area (TPSA) is 484 Å². The van der Waals surface area contributed by atoms with Crippen molar-refractivity contribution < 1.29 is 102 Å². The second-order valence-corrected chi connectivity index (χ2v) is 17.5. The number of nitro benzene ring substituents is 2. The minimum atomic E-state index is -1.41. The number of carbonyl (C=O) groups excluding carboxylic acids is 6. The molecule has 0 aliphatic carbocycles. The zero-order valence-electron chi connectivity index (χ0n) is 40.2. The van der Waals surface area contributed by atoms with Crippen molar-refractivity contribution in [1.82, 2.24) is 21.3 Å². The van der Waals surface area contributed by atoms with E-state index in [0.29, 0.717) is 5.56 Å². The number of carboxylic acids is 4. The molecule has 76 heavy (non-hydrogen) atoms. The van der Waals surface area contributed by atoms with E-state index in [2.05, 4.69) is 21.3 Å². The molecule has 33 heteroatoms. The predicted molar refractivity (Wildman–Crippen MR) is 261 cm³/mol. The standard InChI is InChI=1S/C43H56N8O23S2/c44-27(40(60)61)4-7-34(52)48-29(38(58)46-19-36(54)55)22-75-21-24-1-3-26(31(17-24)50(66)67)43(65)74-16-14-72-12-10-70-9-11-71-13-15-73-42(64)25-2-6-33(32(18-25)51(68)69)76-23-30(39(59)47-20-37(56)57)49-35(53)8-5-28(45)41(62)63/h1-3,6,17-18,27-30H,4-5,7-16,19-23,44-45H2,(H,46,58)(H,47,59)(H,48,52)(H,49,53)(H,54,55)(H,56,57)(H,60,61)(H,62,63). The minimum Gasteiger partial charge on any atom is -0.480 e. The van der Waals surface area contributed by atoms with Crippen molar-refractivity contribution in [3.63, 3.8) is 0 Å². The van der Waals surface area contributed by atoms with E-state index in [1.54, 1.807) is 0 Å². The van der Waals surface area contributed by atoms with Crippen LogP contribution in [0.5, 0.6) is 0 Å². The monoisotopic (exact) mass is 1120 g/mol. The maximum absolute atomic E-state index is 12.7. The first-order valence-electron chi connectivity index (χ1n) is 22.4. The van der Waals surface area contributed by atoms with Crippen molar-refractivity contribution in [2.45, 2.75) is 60.5 Å². The summed E-state index contributed by atoms with van der Waals surface area (Å²) in [7, 11) is 0. The molecule has 0 aliphatic rings. The van der Waals surface area contributed by atoms with Crippen LogP contribution < -0.4 is 32.7 Å². The molecule has 0 radical (unpaired) electrons. The van der Waals surface area contributed by atoms with Gasteiger partial charge in [-0.3, -0.25) is 58.6 Å². The number of ether oxygens (including phenoxy) is 5. The largest absolute Gasteiger partial charge is 0.480 e. The Hall–Kier alpha value is -7.56. The van der Waals surface area contributed by atoms with Gasteiger partial charge in [-0.2, -0.15) is 11.8 Å². The fraction of sp³-hybridized carbons (Fsp3) is 0.488. The number of benzene rings is 2. The van der Waals surface area contributed by atoms with Gasteiger partial charge in [-0.1, -0.05) is 6.07 Å². The van der Waals surface area contributed by atoms with E-state index in [4.69, 9.17) is 55.6 Å². The molecule has 0 fully saturated rings. The zero-order valence-corrected chi connectivity index (χ0v) is 41.8. The van der Waals surface area contributed by atoms with Crippen LogP contribution in [0.1, 0.15) is 52.0 Å². The van der Waals surface area contributed by atoms with Gasteiger partial charge in [0.1, 0.15) is 56.0 Å². The van der Waals surface area contributed by atoms with Gasteiger partial charge < -0.3 is 76.8 Å². The molecule has 12 N–H and O–H groups in total. The van der Waals surface area contributed by atoms with E-state index < -0.39 is 124 Å². The first-order chi connectivity index (χ1) is 36.0. The van der Waals surface area contributed by atoms with Gasteiger partial charge in [0.15, 0.2) is 0 Å². The number of nitrogens with two attached hydrogens (primary N) is 2. The van der Waals surface area contributed by atoms with E-state index >= 15 is 0 Å². The number of hydrogen-bond donors (Lipinski definition) is 10. The van der Waals surface area contributed by atoms with Crippen LogP contribution in [-0.2, 0) is 67.8 Å². The molecule has 0 spiro atoms. The number of aliphatic carboxylic acids is 4. The van der Waals surface area contributed by atoms with Crippen molar-refractivity contribution in [1.29, 1.82) is 0 Å². The number of thioether (sulfide) groups is 2. The fourth-order valence-corrected chi connectivity index (χ4v) is 7.78. The number of nitrogens with one attached hydrogen (secondary N) is 4. The van der Waals surface area contributed by atoms with Crippen molar-refractivity contribution in [3.05, 3.63) is 73.3 Å². The average molecular weight is 1120 g/mol. The molecule has 0 bridgehead atoms. The number of carbonyl (C=O) groups is 10. The summed E-state index contributed by atoms with van der Waals surface area (Å²) in [4.78, 5) is 141. The van der Waals surface area contributed by atoms with Crippen LogP contribution in [0.25, 0.3) is 0 Å². The molecule has 418 valence electrons. The quantitative estimate of drug-likeness (QED) is 0.0122. The van der Waals surface area contributed by atoms with E-state index in [9.17, 15) is 68.2 Å². The molecule has 0 saturated heterocycles. The lowest BCUT2D eigenvalue weighted by Crippen LogP contribution is -2.49. The maximum Gasteiger partial charge on any atom is 0.345 e. The van der Waals surface area contributed by atoms with Crippen molar-refractivity contribution in [2.75, 3.05) is 77.5 Å². The summed E-state index contributed by atoms with van der Waals surface area (Å²) in [5.41, 5.74) is 9.48. The van der Waals surface area contributed by atoms with Crippen LogP contribution in [0, 0.1) is 20.2 Å². The number of rotatable bonds is 39. The van der Waals surface area contributed by atoms with E-state index in [1.807, 2.05) is 0 Å². The SMILES string of the molecule is NC(CCC(=O)NC(CSCc1ccc(C(=O)OCCOCCOCCOCCOC(=O)c2ccc(SCC(NC(=O)CCC(N)C(=O)O)C(=O)NCC(=O)O)c([N+](=O)[O-])c2)c([N+](=O)[O-])c1)C(=O)NCC(=O)O)C(=O)O. The number of carboxylic acid groups (broad SMARTS) is 4. The highest BCUT2D eigenvalue weighted by molar-refractivity contribution is 7.99. The smallest absolute Gasteiger partial charge is 0.345 e.